The average molecular weight is 342 g/mol. The monoisotopic (exact) mass is 341 g/mol. The van der Waals surface area contributed by atoms with Gasteiger partial charge in [-0.2, -0.15) is 0 Å². The van der Waals surface area contributed by atoms with Crippen LogP contribution in [0.25, 0.3) is 0 Å². The van der Waals surface area contributed by atoms with Gasteiger partial charge in [0.15, 0.2) is 6.20 Å². The van der Waals surface area contributed by atoms with Crippen LogP contribution >= 0.6 is 10.7 Å². The molecule has 0 atom stereocenters. The van der Waals surface area contributed by atoms with Crippen molar-refractivity contribution in [2.45, 2.75) is 11.8 Å². The van der Waals surface area contributed by atoms with Gasteiger partial charge in [-0.1, -0.05) is 0 Å². The molecule has 22 heavy (non-hydrogen) atoms. The number of amides is 1. The van der Waals surface area contributed by atoms with Crippen LogP contribution in [0.3, 0.4) is 0 Å². The van der Waals surface area contributed by atoms with Crippen LogP contribution in [0.1, 0.15) is 17.4 Å². The minimum atomic E-state index is -3.99. The first kappa shape index (κ1) is 16.3. The lowest BCUT2D eigenvalue weighted by Crippen LogP contribution is -2.22. The molecule has 0 saturated carbocycles. The Hall–Kier alpha value is -2.12. The second-order valence-corrected chi connectivity index (χ2v) is 6.80. The fraction of sp³-hybridized carbons (Fsp3) is 0.143. The van der Waals surface area contributed by atoms with Crippen LogP contribution in [0.5, 0.6) is 5.75 Å². The fourth-order valence-electron chi connectivity index (χ4n) is 1.78. The van der Waals surface area contributed by atoms with Crippen LogP contribution in [0.2, 0.25) is 0 Å². The molecule has 1 aromatic carbocycles. The maximum atomic E-state index is 12.0. The maximum Gasteiger partial charge on any atom is 0.320 e. The highest BCUT2D eigenvalue weighted by molar-refractivity contribution is 8.13. The van der Waals surface area contributed by atoms with E-state index in [1.165, 1.54) is 18.2 Å². The first-order chi connectivity index (χ1) is 10.4. The van der Waals surface area contributed by atoms with E-state index in [1.807, 2.05) is 0 Å². The Balaban J connectivity index is 2.31. The molecule has 116 valence electrons. The van der Waals surface area contributed by atoms with Crippen molar-refractivity contribution in [1.29, 1.82) is 0 Å². The molecule has 0 aliphatic rings. The zero-order valence-corrected chi connectivity index (χ0v) is 13.2. The number of carbonyl (C=O) groups is 1. The Morgan fingerprint density at radius 1 is 1.32 bits per heavy atom. The van der Waals surface area contributed by atoms with Crippen LogP contribution in [-0.2, 0) is 9.05 Å². The summed E-state index contributed by atoms with van der Waals surface area (Å²) in [6.07, 6.45) is 1.61. The summed E-state index contributed by atoms with van der Waals surface area (Å²) >= 11 is 0. The van der Waals surface area contributed by atoms with Crippen LogP contribution in [0, 0.1) is 0 Å². The molecule has 1 amide bonds. The number of ether oxygens (including phenoxy) is 1. The number of halogens is 1. The molecule has 6 nitrogen and oxygen atoms in total. The van der Waals surface area contributed by atoms with E-state index in [9.17, 15) is 13.2 Å². The summed E-state index contributed by atoms with van der Waals surface area (Å²) in [4.78, 5) is 14.6. The number of carbonyl (C=O) groups excluding carboxylic acids is 1. The lowest BCUT2D eigenvalue weighted by molar-refractivity contribution is -0.381. The van der Waals surface area contributed by atoms with Crippen LogP contribution in [-0.4, -0.2) is 20.9 Å². The number of anilines is 1. The zero-order chi connectivity index (χ0) is 16.2. The van der Waals surface area contributed by atoms with Gasteiger partial charge in [-0.25, -0.2) is 13.4 Å². The van der Waals surface area contributed by atoms with Gasteiger partial charge in [-0.3, -0.25) is 4.79 Å². The Morgan fingerprint density at radius 3 is 2.68 bits per heavy atom. The molecule has 2 N–H and O–H groups in total. The highest BCUT2D eigenvalue weighted by Crippen LogP contribution is 2.30. The van der Waals surface area contributed by atoms with Crippen molar-refractivity contribution in [3.63, 3.8) is 0 Å². The lowest BCUT2D eigenvalue weighted by Gasteiger charge is -2.10. The smallest absolute Gasteiger partial charge is 0.320 e. The first-order valence-electron chi connectivity index (χ1n) is 6.41. The topological polar surface area (TPSA) is 86.6 Å². The van der Waals surface area contributed by atoms with Crippen molar-refractivity contribution in [2.75, 3.05) is 11.9 Å². The summed E-state index contributed by atoms with van der Waals surface area (Å²) in [5, 5.41) is 2.59. The Kier molecular flexibility index (Phi) is 4.99. The molecule has 8 heteroatoms. The van der Waals surface area contributed by atoms with Gasteiger partial charge >= 0.3 is 5.91 Å². The molecule has 1 aromatic heterocycles. The second-order valence-electron chi connectivity index (χ2n) is 4.26. The van der Waals surface area contributed by atoms with E-state index in [0.717, 1.165) is 0 Å². The maximum absolute atomic E-state index is 12.0. The molecule has 0 radical (unpaired) electrons. The van der Waals surface area contributed by atoms with Crippen molar-refractivity contribution in [1.82, 2.24) is 0 Å². The summed E-state index contributed by atoms with van der Waals surface area (Å²) < 4.78 is 28.4. The molecule has 0 aliphatic heterocycles. The zero-order valence-electron chi connectivity index (χ0n) is 11.7. The van der Waals surface area contributed by atoms with Crippen molar-refractivity contribution in [3.8, 4) is 5.75 Å². The van der Waals surface area contributed by atoms with Gasteiger partial charge < -0.3 is 10.1 Å². The number of hydrogen-bond acceptors (Lipinski definition) is 4. The van der Waals surface area contributed by atoms with Gasteiger partial charge in [0.1, 0.15) is 10.6 Å². The lowest BCUT2D eigenvalue weighted by atomic mass is 10.2. The van der Waals surface area contributed by atoms with Crippen LogP contribution < -0.4 is 15.0 Å². The number of nitrogens with one attached hydrogen (secondary N) is 2. The van der Waals surface area contributed by atoms with Gasteiger partial charge in [-0.05, 0) is 31.2 Å². The fourth-order valence-corrected chi connectivity index (χ4v) is 2.78. The molecule has 0 fully saturated rings. The molecule has 0 aliphatic carbocycles. The molecular weight excluding hydrogens is 328 g/mol. The van der Waals surface area contributed by atoms with E-state index in [-0.39, 0.29) is 10.6 Å². The van der Waals surface area contributed by atoms with Crippen molar-refractivity contribution < 1.29 is 22.9 Å². The van der Waals surface area contributed by atoms with Gasteiger partial charge in [0.2, 0.25) is 0 Å². The number of H-pyrrole nitrogens is 1. The average Bonchev–Trinajstić information content (AvgIpc) is 2.49. The summed E-state index contributed by atoms with van der Waals surface area (Å²) in [5.41, 5.74) is 0.636. The quantitative estimate of drug-likeness (QED) is 0.843. The van der Waals surface area contributed by atoms with Crippen LogP contribution in [0.15, 0.2) is 47.5 Å². The van der Waals surface area contributed by atoms with E-state index in [1.54, 1.807) is 31.3 Å². The first-order valence-corrected chi connectivity index (χ1v) is 8.72. The van der Waals surface area contributed by atoms with Gasteiger partial charge in [0, 0.05) is 28.5 Å². The third kappa shape index (κ3) is 3.96. The number of pyridine rings is 1. The number of hydrogen-bond donors (Lipinski definition) is 1. The van der Waals surface area contributed by atoms with Crippen molar-refractivity contribution in [2.24, 2.45) is 0 Å². The number of aromatic nitrogens is 1. The van der Waals surface area contributed by atoms with Gasteiger partial charge in [0.25, 0.3) is 14.7 Å². The van der Waals surface area contributed by atoms with E-state index < -0.39 is 15.0 Å². The highest BCUT2D eigenvalue weighted by atomic mass is 35.7. The van der Waals surface area contributed by atoms with Crippen molar-refractivity contribution >= 4 is 31.3 Å². The standard InChI is InChI=1S/C14H13ClN2O4S/c1-2-21-12-7-6-10(9-13(12)22(15,19)20)17-14(18)11-5-3-4-8-16-11/h3-9H,2H2,1H3,(H,17,18)/p+1. The van der Waals surface area contributed by atoms with E-state index in [4.69, 9.17) is 15.4 Å². The third-order valence-corrected chi connectivity index (χ3v) is 4.06. The number of rotatable bonds is 5. The summed E-state index contributed by atoms with van der Waals surface area (Å²) in [7, 11) is 1.41. The molecule has 0 spiro atoms. The SMILES string of the molecule is CCOc1ccc(NC(=O)c2cccc[nH+]2)cc1S(=O)(=O)Cl. The van der Waals surface area contributed by atoms with Crippen LogP contribution in [0.4, 0.5) is 5.69 Å². The summed E-state index contributed by atoms with van der Waals surface area (Å²) in [6.45, 7) is 2.02. The largest absolute Gasteiger partial charge is 0.492 e. The predicted molar refractivity (Wildman–Crippen MR) is 81.6 cm³/mol. The molecule has 2 aromatic rings. The van der Waals surface area contributed by atoms with Crippen molar-refractivity contribution in [3.05, 3.63) is 48.3 Å². The molecule has 2 rings (SSSR count). The Bertz CT molecular complexity index is 779. The Labute approximate surface area is 132 Å². The molecule has 1 heterocycles. The molecular formula is C14H14ClN2O4S+. The minimum absolute atomic E-state index is 0.141. The normalized spacial score (nSPS) is 11.0. The number of aromatic amines is 1. The third-order valence-electron chi connectivity index (χ3n) is 2.72. The van der Waals surface area contributed by atoms with E-state index in [2.05, 4.69) is 10.3 Å². The second kappa shape index (κ2) is 6.76. The molecule has 0 saturated heterocycles. The number of benzene rings is 1. The summed E-state index contributed by atoms with van der Waals surface area (Å²) in [6, 6.07) is 9.29. The predicted octanol–water partition coefficient (Wildman–Crippen LogP) is 2.08. The van der Waals surface area contributed by atoms with E-state index >= 15 is 0 Å². The Morgan fingerprint density at radius 2 is 2.09 bits per heavy atom. The summed E-state index contributed by atoms with van der Waals surface area (Å²) in [5.74, 6) is -0.260. The molecule has 0 bridgehead atoms. The van der Waals surface area contributed by atoms with E-state index in [0.29, 0.717) is 18.0 Å². The molecule has 0 unspecified atom stereocenters. The highest BCUT2D eigenvalue weighted by Gasteiger charge is 2.19. The van der Waals surface area contributed by atoms with Gasteiger partial charge in [0.05, 0.1) is 6.61 Å². The van der Waals surface area contributed by atoms with Gasteiger partial charge in [-0.15, -0.1) is 0 Å². The minimum Gasteiger partial charge on any atom is -0.492 e.